The fourth-order valence-corrected chi connectivity index (χ4v) is 2.35. The van der Waals surface area contributed by atoms with Crippen molar-refractivity contribution in [3.8, 4) is 0 Å². The zero-order chi connectivity index (χ0) is 12.1. The zero-order valence-corrected chi connectivity index (χ0v) is 10.2. The monoisotopic (exact) mass is 240 g/mol. The van der Waals surface area contributed by atoms with Crippen LogP contribution in [0.3, 0.4) is 0 Å². The van der Waals surface area contributed by atoms with Gasteiger partial charge in [-0.15, -0.1) is 6.58 Å². The third-order valence-corrected chi connectivity index (χ3v) is 3.60. The first-order valence-electron chi connectivity index (χ1n) is 6.48. The molecule has 1 aliphatic heterocycles. The summed E-state index contributed by atoms with van der Waals surface area (Å²) in [6.45, 7) is 5.17. The van der Waals surface area contributed by atoms with Crippen molar-refractivity contribution in [2.24, 2.45) is 11.8 Å². The van der Waals surface area contributed by atoms with E-state index in [1.54, 1.807) is 6.08 Å². The lowest BCUT2D eigenvalue weighted by molar-refractivity contribution is -0.196. The predicted octanol–water partition coefficient (Wildman–Crippen LogP) is 3.60. The van der Waals surface area contributed by atoms with Crippen LogP contribution in [0.4, 0.5) is 4.39 Å². The highest BCUT2D eigenvalue weighted by molar-refractivity contribution is 4.97. The van der Waals surface area contributed by atoms with Gasteiger partial charge in [0.25, 0.3) is 0 Å². The van der Waals surface area contributed by atoms with Crippen molar-refractivity contribution in [2.45, 2.75) is 38.4 Å². The molecule has 0 saturated carbocycles. The first-order valence-corrected chi connectivity index (χ1v) is 6.48. The molecule has 0 radical (unpaired) electrons. The number of hydrogen-bond donors (Lipinski definition) is 0. The summed E-state index contributed by atoms with van der Waals surface area (Å²) in [5, 5.41) is 0. The number of allylic oxidation sites excluding steroid dienone is 2. The topological polar surface area (TPSA) is 18.5 Å². The normalized spacial score (nSPS) is 34.2. The molecule has 1 aliphatic carbocycles. The van der Waals surface area contributed by atoms with Gasteiger partial charge in [-0.05, 0) is 38.0 Å². The lowest BCUT2D eigenvalue weighted by Crippen LogP contribution is -2.31. The Morgan fingerprint density at radius 1 is 1.35 bits per heavy atom. The quantitative estimate of drug-likeness (QED) is 0.699. The van der Waals surface area contributed by atoms with Crippen LogP contribution in [-0.2, 0) is 9.47 Å². The van der Waals surface area contributed by atoms with Gasteiger partial charge in [-0.3, -0.25) is 0 Å². The molecule has 0 amide bonds. The maximum Gasteiger partial charge on any atom is 0.157 e. The number of halogens is 1. The molecule has 0 bridgehead atoms. The van der Waals surface area contributed by atoms with Gasteiger partial charge >= 0.3 is 0 Å². The highest BCUT2D eigenvalue weighted by Crippen LogP contribution is 2.29. The van der Waals surface area contributed by atoms with Gasteiger partial charge in [0, 0.05) is 5.92 Å². The second-order valence-corrected chi connectivity index (χ2v) is 4.96. The third kappa shape index (κ3) is 3.93. The second kappa shape index (κ2) is 6.31. The van der Waals surface area contributed by atoms with Crippen LogP contribution < -0.4 is 0 Å². The lowest BCUT2D eigenvalue weighted by Gasteiger charge is -2.29. The van der Waals surface area contributed by atoms with Crippen molar-refractivity contribution in [2.75, 3.05) is 13.2 Å². The number of rotatable bonds is 4. The Labute approximate surface area is 102 Å². The fraction of sp³-hybridized carbons (Fsp3) is 0.714. The van der Waals surface area contributed by atoms with Crippen LogP contribution in [0.25, 0.3) is 0 Å². The number of ether oxygens (including phenoxy) is 2. The summed E-state index contributed by atoms with van der Waals surface area (Å²) in [4.78, 5) is 0. The van der Waals surface area contributed by atoms with E-state index in [9.17, 15) is 4.39 Å². The van der Waals surface area contributed by atoms with E-state index in [0.717, 1.165) is 25.7 Å². The van der Waals surface area contributed by atoms with E-state index < -0.39 is 0 Å². The van der Waals surface area contributed by atoms with E-state index in [0.29, 0.717) is 31.5 Å². The van der Waals surface area contributed by atoms with Gasteiger partial charge in [0.15, 0.2) is 6.29 Å². The summed E-state index contributed by atoms with van der Waals surface area (Å²) in [7, 11) is 0. The smallest absolute Gasteiger partial charge is 0.157 e. The van der Waals surface area contributed by atoms with E-state index in [2.05, 4.69) is 6.58 Å². The first kappa shape index (κ1) is 12.8. The molecule has 2 nitrogen and oxygen atoms in total. The molecule has 1 heterocycles. The minimum absolute atomic E-state index is 0.0558. The standard InChI is InChI=1S/C14H21FO2/c1-2-11-9-16-14(17-10-11)8-5-12-3-6-13(15)7-4-12/h2,6,11-12,14H,1,3-5,7-10H2/t11-,12?,14-. The van der Waals surface area contributed by atoms with Gasteiger partial charge < -0.3 is 9.47 Å². The molecular formula is C14H21FO2. The summed E-state index contributed by atoms with van der Waals surface area (Å²) >= 11 is 0. The number of hydrogen-bond acceptors (Lipinski definition) is 2. The maximum atomic E-state index is 12.8. The Balaban J connectivity index is 1.64. The molecule has 17 heavy (non-hydrogen) atoms. The Morgan fingerprint density at radius 2 is 2.12 bits per heavy atom. The molecule has 0 spiro atoms. The summed E-state index contributed by atoms with van der Waals surface area (Å²) in [6.07, 6.45) is 7.96. The zero-order valence-electron chi connectivity index (χ0n) is 10.2. The van der Waals surface area contributed by atoms with Crippen LogP contribution in [-0.4, -0.2) is 19.5 Å². The SMILES string of the molecule is C=C[C@H]1CO[C@H](CCC2CC=C(F)CC2)OC1. The highest BCUT2D eigenvalue weighted by atomic mass is 19.1. The summed E-state index contributed by atoms with van der Waals surface area (Å²) < 4.78 is 24.1. The minimum atomic E-state index is -0.0676. The Kier molecular flexibility index (Phi) is 4.75. The fourth-order valence-electron chi connectivity index (χ4n) is 2.35. The van der Waals surface area contributed by atoms with Gasteiger partial charge in [-0.25, -0.2) is 4.39 Å². The summed E-state index contributed by atoms with van der Waals surface area (Å²) in [6, 6.07) is 0. The van der Waals surface area contributed by atoms with E-state index in [4.69, 9.17) is 9.47 Å². The predicted molar refractivity (Wildman–Crippen MR) is 65.1 cm³/mol. The maximum absolute atomic E-state index is 12.8. The van der Waals surface area contributed by atoms with Gasteiger partial charge in [-0.2, -0.15) is 0 Å². The van der Waals surface area contributed by atoms with Gasteiger partial charge in [0.2, 0.25) is 0 Å². The Hall–Kier alpha value is -0.670. The molecule has 0 aromatic carbocycles. The van der Waals surface area contributed by atoms with Crippen LogP contribution in [0.5, 0.6) is 0 Å². The molecule has 1 unspecified atom stereocenters. The largest absolute Gasteiger partial charge is 0.352 e. The third-order valence-electron chi connectivity index (χ3n) is 3.60. The van der Waals surface area contributed by atoms with Crippen molar-refractivity contribution in [1.29, 1.82) is 0 Å². The van der Waals surface area contributed by atoms with Crippen molar-refractivity contribution in [1.82, 2.24) is 0 Å². The Morgan fingerprint density at radius 3 is 2.71 bits per heavy atom. The van der Waals surface area contributed by atoms with Crippen molar-refractivity contribution < 1.29 is 13.9 Å². The van der Waals surface area contributed by atoms with Crippen molar-refractivity contribution in [3.63, 3.8) is 0 Å². The first-order chi connectivity index (χ1) is 8.28. The van der Waals surface area contributed by atoms with E-state index in [1.807, 2.05) is 6.08 Å². The molecule has 1 saturated heterocycles. The highest BCUT2D eigenvalue weighted by Gasteiger charge is 2.22. The van der Waals surface area contributed by atoms with E-state index >= 15 is 0 Å². The van der Waals surface area contributed by atoms with Gasteiger partial charge in [0.05, 0.1) is 19.0 Å². The molecule has 2 aliphatic rings. The summed E-state index contributed by atoms with van der Waals surface area (Å²) in [5.41, 5.74) is 0. The van der Waals surface area contributed by atoms with Gasteiger partial charge in [-0.1, -0.05) is 12.2 Å². The van der Waals surface area contributed by atoms with E-state index in [1.165, 1.54) is 0 Å². The Bertz CT molecular complexity index is 280. The average molecular weight is 240 g/mol. The molecule has 2 rings (SSSR count). The van der Waals surface area contributed by atoms with Crippen LogP contribution in [0.1, 0.15) is 32.1 Å². The van der Waals surface area contributed by atoms with Crippen LogP contribution in [0, 0.1) is 11.8 Å². The second-order valence-electron chi connectivity index (χ2n) is 4.96. The molecular weight excluding hydrogens is 219 g/mol. The van der Waals surface area contributed by atoms with Crippen LogP contribution >= 0.6 is 0 Å². The molecule has 0 N–H and O–H groups in total. The minimum Gasteiger partial charge on any atom is -0.352 e. The lowest BCUT2D eigenvalue weighted by atomic mass is 9.89. The van der Waals surface area contributed by atoms with Crippen LogP contribution in [0.2, 0.25) is 0 Å². The van der Waals surface area contributed by atoms with Gasteiger partial charge in [0.1, 0.15) is 0 Å². The molecule has 0 aromatic heterocycles. The van der Waals surface area contributed by atoms with Crippen LogP contribution in [0.15, 0.2) is 24.6 Å². The van der Waals surface area contributed by atoms with Crippen molar-refractivity contribution >= 4 is 0 Å². The molecule has 0 aromatic rings. The van der Waals surface area contributed by atoms with Crippen molar-refractivity contribution in [3.05, 3.63) is 24.6 Å². The molecule has 96 valence electrons. The molecule has 1 fully saturated rings. The molecule has 3 heteroatoms. The summed E-state index contributed by atoms with van der Waals surface area (Å²) in [5.74, 6) is 0.983. The molecule has 1 atom stereocenters. The average Bonchev–Trinajstić information content (AvgIpc) is 2.39. The van der Waals surface area contributed by atoms with E-state index in [-0.39, 0.29) is 12.1 Å².